The highest BCUT2D eigenvalue weighted by molar-refractivity contribution is 5.98. The van der Waals surface area contributed by atoms with Crippen molar-refractivity contribution in [1.82, 2.24) is 10.3 Å². The number of pyridine rings is 1. The summed E-state index contributed by atoms with van der Waals surface area (Å²) in [4.78, 5) is 15.3. The fraction of sp³-hybridized carbons (Fsp3) is 0.0769. The Balaban J connectivity index is 2.10. The molecular weight excluding hydrogens is 252 g/mol. The van der Waals surface area contributed by atoms with Crippen LogP contribution in [0, 0.1) is 11.6 Å². The van der Waals surface area contributed by atoms with Crippen molar-refractivity contribution in [2.45, 2.75) is 6.54 Å². The Hall–Kier alpha value is -2.50. The van der Waals surface area contributed by atoms with Gasteiger partial charge in [0.15, 0.2) is 0 Å². The maximum Gasteiger partial charge on any atom is 0.255 e. The number of carbonyl (C=O) groups excluding carboxylic acids is 1. The number of carbonyl (C=O) groups is 1. The molecule has 0 spiro atoms. The Bertz CT molecular complexity index is 617. The van der Waals surface area contributed by atoms with Gasteiger partial charge in [-0.25, -0.2) is 13.8 Å². The third-order valence-corrected chi connectivity index (χ3v) is 2.53. The van der Waals surface area contributed by atoms with Gasteiger partial charge in [-0.2, -0.15) is 0 Å². The van der Waals surface area contributed by atoms with Gasteiger partial charge in [0.25, 0.3) is 5.91 Å². The molecule has 0 aliphatic heterocycles. The molecular formula is C13H11F2N3O. The Morgan fingerprint density at radius 3 is 2.79 bits per heavy atom. The number of amides is 1. The van der Waals surface area contributed by atoms with E-state index in [1.807, 2.05) is 0 Å². The highest BCUT2D eigenvalue weighted by Gasteiger charge is 2.12. The predicted octanol–water partition coefficient (Wildman–Crippen LogP) is 1.87. The highest BCUT2D eigenvalue weighted by atomic mass is 19.1. The SMILES string of the molecule is Nc1ncc(F)cc1C(=O)NCc1ccccc1F. The van der Waals surface area contributed by atoms with Gasteiger partial charge in [0.2, 0.25) is 0 Å². The lowest BCUT2D eigenvalue weighted by molar-refractivity contribution is 0.0950. The minimum absolute atomic E-state index is 0.0124. The molecule has 1 aromatic carbocycles. The molecule has 0 bridgehead atoms. The number of aromatic nitrogens is 1. The first-order valence-electron chi connectivity index (χ1n) is 5.50. The number of nitrogens with zero attached hydrogens (tertiary/aromatic N) is 1. The van der Waals surface area contributed by atoms with E-state index in [1.165, 1.54) is 6.07 Å². The van der Waals surface area contributed by atoms with E-state index in [4.69, 9.17) is 5.73 Å². The van der Waals surface area contributed by atoms with Crippen LogP contribution in [-0.2, 0) is 6.54 Å². The van der Waals surface area contributed by atoms with Crippen molar-refractivity contribution < 1.29 is 13.6 Å². The quantitative estimate of drug-likeness (QED) is 0.888. The molecule has 6 heteroatoms. The number of benzene rings is 1. The Morgan fingerprint density at radius 1 is 1.32 bits per heavy atom. The van der Waals surface area contributed by atoms with Crippen LogP contribution in [0.5, 0.6) is 0 Å². The summed E-state index contributed by atoms with van der Waals surface area (Å²) in [6.45, 7) is -0.0124. The normalized spacial score (nSPS) is 10.2. The lowest BCUT2D eigenvalue weighted by Gasteiger charge is -2.07. The summed E-state index contributed by atoms with van der Waals surface area (Å²) in [5.41, 5.74) is 5.74. The molecule has 0 atom stereocenters. The van der Waals surface area contributed by atoms with E-state index in [-0.39, 0.29) is 17.9 Å². The Labute approximate surface area is 108 Å². The second-order valence-electron chi connectivity index (χ2n) is 3.86. The number of rotatable bonds is 3. The molecule has 1 aromatic heterocycles. The zero-order chi connectivity index (χ0) is 13.8. The summed E-state index contributed by atoms with van der Waals surface area (Å²) in [5.74, 6) is -1.77. The van der Waals surface area contributed by atoms with Crippen LogP contribution < -0.4 is 11.1 Å². The van der Waals surface area contributed by atoms with Crippen LogP contribution >= 0.6 is 0 Å². The van der Waals surface area contributed by atoms with Gasteiger partial charge >= 0.3 is 0 Å². The lowest BCUT2D eigenvalue weighted by Crippen LogP contribution is -2.24. The van der Waals surface area contributed by atoms with E-state index in [9.17, 15) is 13.6 Å². The number of nitrogens with two attached hydrogens (primary N) is 1. The Kier molecular flexibility index (Phi) is 3.70. The van der Waals surface area contributed by atoms with Crippen molar-refractivity contribution in [2.75, 3.05) is 5.73 Å². The first kappa shape index (κ1) is 12.9. The summed E-state index contributed by atoms with van der Waals surface area (Å²) in [5, 5.41) is 2.46. The summed E-state index contributed by atoms with van der Waals surface area (Å²) in [6, 6.07) is 7.03. The summed E-state index contributed by atoms with van der Waals surface area (Å²) < 4.78 is 26.3. The van der Waals surface area contributed by atoms with E-state index < -0.39 is 17.5 Å². The third kappa shape index (κ3) is 3.04. The minimum Gasteiger partial charge on any atom is -0.383 e. The fourth-order valence-electron chi connectivity index (χ4n) is 1.54. The average Bonchev–Trinajstić information content (AvgIpc) is 2.40. The monoisotopic (exact) mass is 263 g/mol. The molecule has 98 valence electrons. The number of nitrogens with one attached hydrogen (secondary N) is 1. The van der Waals surface area contributed by atoms with Gasteiger partial charge in [0.05, 0.1) is 11.8 Å². The third-order valence-electron chi connectivity index (χ3n) is 2.53. The van der Waals surface area contributed by atoms with E-state index in [0.717, 1.165) is 12.3 Å². The maximum absolute atomic E-state index is 13.3. The van der Waals surface area contributed by atoms with Gasteiger partial charge in [-0.15, -0.1) is 0 Å². The largest absolute Gasteiger partial charge is 0.383 e. The fourth-order valence-corrected chi connectivity index (χ4v) is 1.54. The van der Waals surface area contributed by atoms with Crippen molar-refractivity contribution in [3.63, 3.8) is 0 Å². The summed E-state index contributed by atoms with van der Waals surface area (Å²) >= 11 is 0. The molecule has 0 aliphatic rings. The zero-order valence-electron chi connectivity index (χ0n) is 9.86. The maximum atomic E-state index is 13.3. The number of halogens is 2. The van der Waals surface area contributed by atoms with E-state index >= 15 is 0 Å². The summed E-state index contributed by atoms with van der Waals surface area (Å²) in [6.07, 6.45) is 0.920. The lowest BCUT2D eigenvalue weighted by atomic mass is 10.2. The molecule has 0 unspecified atom stereocenters. The number of anilines is 1. The van der Waals surface area contributed by atoms with Gasteiger partial charge < -0.3 is 11.1 Å². The van der Waals surface area contributed by atoms with E-state index in [1.54, 1.807) is 18.2 Å². The minimum atomic E-state index is -0.662. The Morgan fingerprint density at radius 2 is 2.05 bits per heavy atom. The van der Waals surface area contributed by atoms with Crippen molar-refractivity contribution in [1.29, 1.82) is 0 Å². The molecule has 0 saturated heterocycles. The second-order valence-corrected chi connectivity index (χ2v) is 3.86. The molecule has 0 aliphatic carbocycles. The first-order valence-corrected chi connectivity index (χ1v) is 5.50. The smallest absolute Gasteiger partial charge is 0.255 e. The van der Waals surface area contributed by atoms with Crippen LogP contribution in [0.25, 0.3) is 0 Å². The van der Waals surface area contributed by atoms with Crippen molar-refractivity contribution in [3.05, 3.63) is 59.3 Å². The highest BCUT2D eigenvalue weighted by Crippen LogP contribution is 2.11. The van der Waals surface area contributed by atoms with Crippen LogP contribution in [-0.4, -0.2) is 10.9 Å². The van der Waals surface area contributed by atoms with Gasteiger partial charge in [0, 0.05) is 12.1 Å². The molecule has 4 nitrogen and oxygen atoms in total. The van der Waals surface area contributed by atoms with Crippen molar-refractivity contribution in [3.8, 4) is 0 Å². The molecule has 0 fully saturated rings. The van der Waals surface area contributed by atoms with Crippen molar-refractivity contribution >= 4 is 11.7 Å². The van der Waals surface area contributed by atoms with Gasteiger partial charge in [-0.05, 0) is 12.1 Å². The molecule has 3 N–H and O–H groups in total. The molecule has 1 heterocycles. The van der Waals surface area contributed by atoms with E-state index in [0.29, 0.717) is 5.56 Å². The number of hydrogen-bond donors (Lipinski definition) is 2. The van der Waals surface area contributed by atoms with Crippen LogP contribution in [0.2, 0.25) is 0 Å². The predicted molar refractivity (Wildman–Crippen MR) is 66.2 cm³/mol. The molecule has 0 saturated carbocycles. The van der Waals surface area contributed by atoms with Crippen LogP contribution in [0.15, 0.2) is 36.5 Å². The first-order chi connectivity index (χ1) is 9.08. The topological polar surface area (TPSA) is 68.0 Å². The summed E-state index contributed by atoms with van der Waals surface area (Å²) in [7, 11) is 0. The molecule has 2 rings (SSSR count). The molecule has 1 amide bonds. The van der Waals surface area contributed by atoms with Crippen LogP contribution in [0.3, 0.4) is 0 Å². The van der Waals surface area contributed by atoms with Crippen LogP contribution in [0.4, 0.5) is 14.6 Å². The number of hydrogen-bond acceptors (Lipinski definition) is 3. The van der Waals surface area contributed by atoms with E-state index in [2.05, 4.69) is 10.3 Å². The second kappa shape index (κ2) is 5.43. The van der Waals surface area contributed by atoms with Crippen LogP contribution in [0.1, 0.15) is 15.9 Å². The zero-order valence-corrected chi connectivity index (χ0v) is 9.86. The van der Waals surface area contributed by atoms with Crippen molar-refractivity contribution in [2.24, 2.45) is 0 Å². The molecule has 2 aromatic rings. The average molecular weight is 263 g/mol. The van der Waals surface area contributed by atoms with Gasteiger partial charge in [-0.3, -0.25) is 4.79 Å². The molecule has 0 radical (unpaired) electrons. The molecule has 19 heavy (non-hydrogen) atoms. The van der Waals surface area contributed by atoms with Gasteiger partial charge in [-0.1, -0.05) is 18.2 Å². The number of nitrogen functional groups attached to an aromatic ring is 1. The standard InChI is InChI=1S/C13H11F2N3O/c14-9-5-10(12(16)17-7-9)13(19)18-6-8-3-1-2-4-11(8)15/h1-5,7H,6H2,(H2,16,17)(H,18,19). The van der Waals surface area contributed by atoms with Gasteiger partial charge in [0.1, 0.15) is 17.5 Å².